The van der Waals surface area contributed by atoms with Crippen molar-refractivity contribution in [3.63, 3.8) is 0 Å². The number of halogens is 1. The molecule has 2 fully saturated rings. The molecule has 2 atom stereocenters. The highest BCUT2D eigenvalue weighted by Gasteiger charge is 2.41. The Hall–Kier alpha value is -1.28. The van der Waals surface area contributed by atoms with Crippen LogP contribution in [0.15, 0.2) is 24.3 Å². The zero-order valence-corrected chi connectivity index (χ0v) is 19.2. The van der Waals surface area contributed by atoms with Gasteiger partial charge in [-0.1, -0.05) is 49.9 Å². The number of hydrogen-bond acceptors (Lipinski definition) is 5. The summed E-state index contributed by atoms with van der Waals surface area (Å²) in [4.78, 5) is 30.4. The van der Waals surface area contributed by atoms with E-state index in [1.165, 1.54) is 0 Å². The molecule has 8 heteroatoms. The Kier molecular flexibility index (Phi) is 9.30. The highest BCUT2D eigenvalue weighted by Crippen LogP contribution is 2.35. The lowest BCUT2D eigenvalue weighted by Gasteiger charge is -2.30. The van der Waals surface area contributed by atoms with Gasteiger partial charge in [-0.3, -0.25) is 14.5 Å². The van der Waals surface area contributed by atoms with Crippen molar-refractivity contribution >= 4 is 35.2 Å². The molecule has 1 aromatic carbocycles. The molecular weight excluding hydrogens is 422 g/mol. The normalized spacial score (nSPS) is 22.3. The van der Waals surface area contributed by atoms with Crippen LogP contribution in [0.3, 0.4) is 0 Å². The number of nitrogens with one attached hydrogen (secondary N) is 1. The minimum atomic E-state index is -0.463. The van der Waals surface area contributed by atoms with Crippen LogP contribution < -0.4 is 5.32 Å². The number of benzene rings is 1. The molecule has 0 spiro atoms. The molecule has 0 radical (unpaired) electrons. The lowest BCUT2D eigenvalue weighted by molar-refractivity contribution is -0.124. The third-order valence-corrected chi connectivity index (χ3v) is 7.30. The third-order valence-electron chi connectivity index (χ3n) is 5.62. The fourth-order valence-electron chi connectivity index (χ4n) is 3.88. The van der Waals surface area contributed by atoms with Crippen molar-refractivity contribution in [1.29, 1.82) is 0 Å². The van der Waals surface area contributed by atoms with E-state index in [0.29, 0.717) is 22.9 Å². The van der Waals surface area contributed by atoms with Gasteiger partial charge in [0.1, 0.15) is 6.04 Å². The third kappa shape index (κ3) is 6.13. The second-order valence-electron chi connectivity index (χ2n) is 7.74. The van der Waals surface area contributed by atoms with E-state index >= 15 is 0 Å². The van der Waals surface area contributed by atoms with Gasteiger partial charge in [0.05, 0.1) is 29.2 Å². The maximum absolute atomic E-state index is 13.4. The predicted molar refractivity (Wildman–Crippen MR) is 122 cm³/mol. The summed E-state index contributed by atoms with van der Waals surface area (Å²) in [5.74, 6) is 0.394. The molecule has 2 amide bonds. The average molecular weight is 454 g/mol. The Morgan fingerprint density at radius 2 is 2.00 bits per heavy atom. The first kappa shape index (κ1) is 23.4. The summed E-state index contributed by atoms with van der Waals surface area (Å²) in [6, 6.07) is 6.62. The SMILES string of the molecule is CCCCCC1SCC(C(=O)NCCN2CCOCC2)N1C(=O)c1ccccc1Cl. The van der Waals surface area contributed by atoms with Crippen LogP contribution in [-0.2, 0) is 9.53 Å². The number of thioether (sulfide) groups is 1. The standard InChI is InChI=1S/C22H32ClN3O3S/c1-2-3-4-9-20-26(22(28)17-7-5-6-8-18(17)23)19(16-30-20)21(27)24-10-11-25-12-14-29-15-13-25/h5-8,19-20H,2-4,9-16H2,1H3,(H,24,27). The first-order valence-corrected chi connectivity index (χ1v) is 12.3. The topological polar surface area (TPSA) is 61.9 Å². The molecule has 0 saturated carbocycles. The molecule has 2 heterocycles. The molecule has 30 heavy (non-hydrogen) atoms. The van der Waals surface area contributed by atoms with Gasteiger partial charge in [-0.25, -0.2) is 0 Å². The van der Waals surface area contributed by atoms with Crippen molar-refractivity contribution < 1.29 is 14.3 Å². The van der Waals surface area contributed by atoms with Crippen molar-refractivity contribution in [2.75, 3.05) is 45.1 Å². The van der Waals surface area contributed by atoms with Gasteiger partial charge in [0.25, 0.3) is 5.91 Å². The molecule has 2 saturated heterocycles. The summed E-state index contributed by atoms with van der Waals surface area (Å²) in [6.07, 6.45) is 4.20. The number of nitrogens with zero attached hydrogens (tertiary/aromatic N) is 2. The zero-order chi connectivity index (χ0) is 21.3. The molecule has 0 aliphatic carbocycles. The van der Waals surface area contributed by atoms with E-state index in [2.05, 4.69) is 17.1 Å². The Morgan fingerprint density at radius 1 is 1.23 bits per heavy atom. The van der Waals surface area contributed by atoms with Crippen LogP contribution in [0.1, 0.15) is 43.0 Å². The summed E-state index contributed by atoms with van der Waals surface area (Å²) >= 11 is 8.00. The van der Waals surface area contributed by atoms with Crippen LogP contribution in [0.2, 0.25) is 5.02 Å². The van der Waals surface area contributed by atoms with E-state index in [1.807, 2.05) is 12.1 Å². The van der Waals surface area contributed by atoms with Gasteiger partial charge in [0.15, 0.2) is 0 Å². The van der Waals surface area contributed by atoms with Crippen molar-refractivity contribution in [1.82, 2.24) is 15.1 Å². The van der Waals surface area contributed by atoms with Gasteiger partial charge in [-0.05, 0) is 18.6 Å². The van der Waals surface area contributed by atoms with E-state index < -0.39 is 6.04 Å². The van der Waals surface area contributed by atoms with Gasteiger partial charge in [-0.2, -0.15) is 0 Å². The van der Waals surface area contributed by atoms with Gasteiger partial charge in [-0.15, -0.1) is 11.8 Å². The smallest absolute Gasteiger partial charge is 0.256 e. The van der Waals surface area contributed by atoms with E-state index in [1.54, 1.807) is 28.8 Å². The van der Waals surface area contributed by atoms with E-state index in [9.17, 15) is 9.59 Å². The molecule has 1 N–H and O–H groups in total. The quantitative estimate of drug-likeness (QED) is 0.581. The number of rotatable bonds is 9. The number of hydrogen-bond donors (Lipinski definition) is 1. The molecule has 2 aliphatic rings. The Balaban J connectivity index is 1.65. The van der Waals surface area contributed by atoms with Gasteiger partial charge < -0.3 is 15.0 Å². The number of unbranched alkanes of at least 4 members (excludes halogenated alkanes) is 2. The number of ether oxygens (including phenoxy) is 1. The minimum Gasteiger partial charge on any atom is -0.379 e. The van der Waals surface area contributed by atoms with Crippen LogP contribution in [0.4, 0.5) is 0 Å². The molecule has 0 aromatic heterocycles. The van der Waals surface area contributed by atoms with Crippen LogP contribution in [-0.4, -0.2) is 78.2 Å². The summed E-state index contributed by atoms with van der Waals surface area (Å²) in [6.45, 7) is 6.82. The lowest BCUT2D eigenvalue weighted by Crippen LogP contribution is -2.51. The number of carbonyl (C=O) groups excluding carboxylic acids is 2. The van der Waals surface area contributed by atoms with E-state index in [0.717, 1.165) is 58.5 Å². The second kappa shape index (κ2) is 11.9. The Bertz CT molecular complexity index is 715. The Morgan fingerprint density at radius 3 is 2.73 bits per heavy atom. The van der Waals surface area contributed by atoms with Gasteiger partial charge in [0.2, 0.25) is 5.91 Å². The monoisotopic (exact) mass is 453 g/mol. The average Bonchev–Trinajstić information content (AvgIpc) is 3.18. The summed E-state index contributed by atoms with van der Waals surface area (Å²) in [5.41, 5.74) is 0.466. The Labute approximate surface area is 188 Å². The minimum absolute atomic E-state index is 0.00955. The fourth-order valence-corrected chi connectivity index (χ4v) is 5.55. The molecule has 2 unspecified atom stereocenters. The lowest BCUT2D eigenvalue weighted by atomic mass is 10.1. The fraction of sp³-hybridized carbons (Fsp3) is 0.636. The molecule has 1 aromatic rings. The number of carbonyl (C=O) groups is 2. The molecular formula is C22H32ClN3O3S. The van der Waals surface area contributed by atoms with E-state index in [-0.39, 0.29) is 17.2 Å². The maximum Gasteiger partial charge on any atom is 0.256 e. The van der Waals surface area contributed by atoms with Crippen LogP contribution in [0, 0.1) is 0 Å². The highest BCUT2D eigenvalue weighted by molar-refractivity contribution is 8.00. The van der Waals surface area contributed by atoms with E-state index in [4.69, 9.17) is 16.3 Å². The molecule has 6 nitrogen and oxygen atoms in total. The summed E-state index contributed by atoms with van der Waals surface area (Å²) < 4.78 is 5.37. The van der Waals surface area contributed by atoms with Crippen LogP contribution >= 0.6 is 23.4 Å². The number of amides is 2. The second-order valence-corrected chi connectivity index (χ2v) is 9.35. The largest absolute Gasteiger partial charge is 0.379 e. The van der Waals surface area contributed by atoms with Crippen molar-refractivity contribution in [2.24, 2.45) is 0 Å². The molecule has 166 valence electrons. The maximum atomic E-state index is 13.4. The van der Waals surface area contributed by atoms with Gasteiger partial charge >= 0.3 is 0 Å². The predicted octanol–water partition coefficient (Wildman–Crippen LogP) is 3.25. The highest BCUT2D eigenvalue weighted by atomic mass is 35.5. The van der Waals surface area contributed by atoms with Crippen molar-refractivity contribution in [2.45, 2.75) is 44.0 Å². The summed E-state index contributed by atoms with van der Waals surface area (Å²) in [7, 11) is 0. The summed E-state index contributed by atoms with van der Waals surface area (Å²) in [5, 5.41) is 3.49. The zero-order valence-electron chi connectivity index (χ0n) is 17.6. The van der Waals surface area contributed by atoms with Crippen LogP contribution in [0.5, 0.6) is 0 Å². The molecule has 0 bridgehead atoms. The molecule has 2 aliphatic heterocycles. The van der Waals surface area contributed by atoms with Crippen molar-refractivity contribution in [3.05, 3.63) is 34.9 Å². The van der Waals surface area contributed by atoms with Gasteiger partial charge in [0, 0.05) is 31.9 Å². The molecule has 3 rings (SSSR count). The number of morpholine rings is 1. The first-order chi connectivity index (χ1) is 14.6. The first-order valence-electron chi connectivity index (χ1n) is 10.9. The van der Waals surface area contributed by atoms with Crippen molar-refractivity contribution in [3.8, 4) is 0 Å². The van der Waals surface area contributed by atoms with Crippen LogP contribution in [0.25, 0.3) is 0 Å².